The molecule has 0 saturated carbocycles. The molecule has 1 aromatic rings. The molecule has 3 heteroatoms. The van der Waals surface area contributed by atoms with Crippen LogP contribution < -0.4 is 0 Å². The first kappa shape index (κ1) is 11.7. The number of Topliss-reactive ketones (excluding diaryl/α,β-unsaturated/α-hetero) is 1. The lowest BCUT2D eigenvalue weighted by Crippen LogP contribution is -1.96. The number of ketones is 1. The number of rotatable bonds is 4. The molecule has 0 atom stereocenters. The van der Waals surface area contributed by atoms with Crippen LogP contribution >= 0.6 is 27.3 Å². The quantitative estimate of drug-likeness (QED) is 0.588. The zero-order chi connectivity index (χ0) is 10.7. The van der Waals surface area contributed by atoms with Crippen molar-refractivity contribution in [2.75, 3.05) is 0 Å². The molecule has 14 heavy (non-hydrogen) atoms. The summed E-state index contributed by atoms with van der Waals surface area (Å²) in [6.07, 6.45) is 1.35. The highest BCUT2D eigenvalue weighted by Crippen LogP contribution is 2.28. The smallest absolute Gasteiger partial charge is 0.176 e. The summed E-state index contributed by atoms with van der Waals surface area (Å²) in [6.45, 7) is 7.85. The molecule has 0 aliphatic rings. The molecule has 1 rings (SSSR count). The van der Waals surface area contributed by atoms with Crippen molar-refractivity contribution in [3.8, 4) is 0 Å². The van der Waals surface area contributed by atoms with Crippen molar-refractivity contribution in [2.45, 2.75) is 26.7 Å². The molecule has 0 fully saturated rings. The lowest BCUT2D eigenvalue weighted by Gasteiger charge is -1.98. The molecule has 0 aromatic carbocycles. The van der Waals surface area contributed by atoms with E-state index in [1.807, 2.05) is 19.9 Å². The number of halogens is 1. The fourth-order valence-corrected chi connectivity index (χ4v) is 2.51. The number of thiophene rings is 1. The summed E-state index contributed by atoms with van der Waals surface area (Å²) in [5.74, 6) is 0.177. The molecule has 0 bridgehead atoms. The van der Waals surface area contributed by atoms with Crippen LogP contribution in [0.15, 0.2) is 22.0 Å². The predicted octanol–water partition coefficient (Wildman–Crippen LogP) is 4.36. The molecule has 0 saturated heterocycles. The van der Waals surface area contributed by atoms with Crippen LogP contribution in [-0.4, -0.2) is 5.78 Å². The summed E-state index contributed by atoms with van der Waals surface area (Å²) >= 11 is 4.91. The molecule has 1 aromatic heterocycles. The topological polar surface area (TPSA) is 17.1 Å². The van der Waals surface area contributed by atoms with Crippen molar-refractivity contribution < 1.29 is 4.79 Å². The van der Waals surface area contributed by atoms with Gasteiger partial charge in [0, 0.05) is 6.42 Å². The Morgan fingerprint density at radius 2 is 2.29 bits per heavy atom. The number of carbonyl (C=O) groups is 1. The van der Waals surface area contributed by atoms with E-state index in [1.165, 1.54) is 11.3 Å². The first-order valence-corrected chi connectivity index (χ1v) is 6.11. The molecule has 0 unspecified atom stereocenters. The Kier molecular flexibility index (Phi) is 4.08. The second kappa shape index (κ2) is 4.89. The second-order valence-electron chi connectivity index (χ2n) is 3.27. The maximum Gasteiger partial charge on any atom is 0.176 e. The monoisotopic (exact) mass is 272 g/mol. The van der Waals surface area contributed by atoms with Gasteiger partial charge in [-0.2, -0.15) is 0 Å². The minimum Gasteiger partial charge on any atom is -0.293 e. The Morgan fingerprint density at radius 3 is 2.71 bits per heavy atom. The highest BCUT2D eigenvalue weighted by atomic mass is 79.9. The molecule has 0 spiro atoms. The van der Waals surface area contributed by atoms with Gasteiger partial charge < -0.3 is 0 Å². The number of allylic oxidation sites excluding steroid dienone is 1. The summed E-state index contributed by atoms with van der Waals surface area (Å²) in [4.78, 5) is 12.5. The summed E-state index contributed by atoms with van der Waals surface area (Å²) in [5.41, 5.74) is 2.12. The van der Waals surface area contributed by atoms with Crippen LogP contribution in [-0.2, 0) is 0 Å². The van der Waals surface area contributed by atoms with Gasteiger partial charge in [-0.1, -0.05) is 19.1 Å². The van der Waals surface area contributed by atoms with Gasteiger partial charge in [0.05, 0.1) is 8.66 Å². The Bertz CT molecular complexity index is 346. The van der Waals surface area contributed by atoms with Gasteiger partial charge in [0.1, 0.15) is 0 Å². The van der Waals surface area contributed by atoms with E-state index in [2.05, 4.69) is 22.5 Å². The van der Waals surface area contributed by atoms with Gasteiger partial charge in [-0.15, -0.1) is 11.3 Å². The van der Waals surface area contributed by atoms with E-state index in [-0.39, 0.29) is 5.78 Å². The predicted molar refractivity (Wildman–Crippen MR) is 65.1 cm³/mol. The van der Waals surface area contributed by atoms with Gasteiger partial charge in [0.2, 0.25) is 0 Å². The Hall–Kier alpha value is -0.410. The van der Waals surface area contributed by atoms with Crippen LogP contribution in [0.25, 0.3) is 0 Å². The van der Waals surface area contributed by atoms with Gasteiger partial charge in [0.15, 0.2) is 5.78 Å². The fourth-order valence-electron chi connectivity index (χ4n) is 1.04. The molecule has 0 radical (unpaired) electrons. The van der Waals surface area contributed by atoms with E-state index >= 15 is 0 Å². The zero-order valence-corrected chi connectivity index (χ0v) is 10.8. The number of carbonyl (C=O) groups excluding carboxylic acids is 1. The van der Waals surface area contributed by atoms with Crippen LogP contribution in [0.3, 0.4) is 0 Å². The van der Waals surface area contributed by atoms with E-state index in [1.54, 1.807) is 0 Å². The molecule has 0 aliphatic carbocycles. The SMILES string of the molecule is C=C(CC)CC(=O)c1cc(C)c(Br)s1. The Morgan fingerprint density at radius 1 is 1.64 bits per heavy atom. The van der Waals surface area contributed by atoms with E-state index in [0.29, 0.717) is 6.42 Å². The van der Waals surface area contributed by atoms with Gasteiger partial charge in [-0.3, -0.25) is 4.79 Å². The van der Waals surface area contributed by atoms with Crippen LogP contribution in [0.1, 0.15) is 35.0 Å². The van der Waals surface area contributed by atoms with E-state index in [9.17, 15) is 4.79 Å². The maximum atomic E-state index is 11.7. The molecular weight excluding hydrogens is 260 g/mol. The molecule has 1 nitrogen and oxygen atoms in total. The third-order valence-corrected chi connectivity index (χ3v) is 4.22. The fraction of sp³-hybridized carbons (Fsp3) is 0.364. The first-order chi connectivity index (χ1) is 6.54. The minimum absolute atomic E-state index is 0.177. The van der Waals surface area contributed by atoms with Crippen LogP contribution in [0.4, 0.5) is 0 Å². The first-order valence-electron chi connectivity index (χ1n) is 4.50. The third kappa shape index (κ3) is 2.79. The normalized spacial score (nSPS) is 10.2. The van der Waals surface area contributed by atoms with Crippen LogP contribution in [0.2, 0.25) is 0 Å². The summed E-state index contributed by atoms with van der Waals surface area (Å²) in [6, 6.07) is 1.93. The largest absolute Gasteiger partial charge is 0.293 e. The minimum atomic E-state index is 0.177. The van der Waals surface area contributed by atoms with Gasteiger partial charge >= 0.3 is 0 Å². The van der Waals surface area contributed by atoms with Crippen LogP contribution in [0, 0.1) is 6.92 Å². The molecule has 1 heterocycles. The van der Waals surface area contributed by atoms with Crippen molar-refractivity contribution in [3.05, 3.63) is 32.4 Å². The van der Waals surface area contributed by atoms with Gasteiger partial charge in [-0.25, -0.2) is 0 Å². The van der Waals surface area contributed by atoms with Gasteiger partial charge in [0.25, 0.3) is 0 Å². The Labute approximate surface area is 97.0 Å². The average Bonchev–Trinajstić information content (AvgIpc) is 2.47. The van der Waals surface area contributed by atoms with Crippen molar-refractivity contribution in [3.63, 3.8) is 0 Å². The lowest BCUT2D eigenvalue weighted by atomic mass is 10.1. The van der Waals surface area contributed by atoms with Crippen molar-refractivity contribution in [1.29, 1.82) is 0 Å². The molecule has 0 amide bonds. The summed E-state index contributed by atoms with van der Waals surface area (Å²) < 4.78 is 1.04. The van der Waals surface area contributed by atoms with Crippen molar-refractivity contribution in [1.82, 2.24) is 0 Å². The van der Waals surface area contributed by atoms with Gasteiger partial charge in [-0.05, 0) is 40.9 Å². The maximum absolute atomic E-state index is 11.7. The van der Waals surface area contributed by atoms with E-state index < -0.39 is 0 Å². The number of hydrogen-bond acceptors (Lipinski definition) is 2. The average molecular weight is 273 g/mol. The standard InChI is InChI=1S/C11H13BrOS/c1-4-7(2)5-9(13)10-6-8(3)11(12)14-10/h6H,2,4-5H2,1,3H3. The van der Waals surface area contributed by atoms with E-state index in [0.717, 1.165) is 26.2 Å². The molecule has 0 N–H and O–H groups in total. The molecular formula is C11H13BrOS. The third-order valence-electron chi connectivity index (χ3n) is 2.04. The van der Waals surface area contributed by atoms with Crippen molar-refractivity contribution >= 4 is 33.0 Å². The Balaban J connectivity index is 2.75. The van der Waals surface area contributed by atoms with Crippen molar-refractivity contribution in [2.24, 2.45) is 0 Å². The summed E-state index contributed by atoms with van der Waals surface area (Å²) in [5, 5.41) is 0. The zero-order valence-electron chi connectivity index (χ0n) is 8.39. The molecule has 0 aliphatic heterocycles. The highest BCUT2D eigenvalue weighted by molar-refractivity contribution is 9.11. The number of hydrogen-bond donors (Lipinski definition) is 0. The second-order valence-corrected chi connectivity index (χ2v) is 5.64. The summed E-state index contributed by atoms with van der Waals surface area (Å²) in [7, 11) is 0. The van der Waals surface area contributed by atoms with E-state index in [4.69, 9.17) is 0 Å². The number of aryl methyl sites for hydroxylation is 1. The lowest BCUT2D eigenvalue weighted by molar-refractivity contribution is 0.0996. The van der Waals surface area contributed by atoms with Crippen LogP contribution in [0.5, 0.6) is 0 Å². The molecule has 76 valence electrons. The highest BCUT2D eigenvalue weighted by Gasteiger charge is 2.11.